The molecule has 6 heteroatoms. The molecule has 0 aliphatic heterocycles. The van der Waals surface area contributed by atoms with Crippen LogP contribution in [0.3, 0.4) is 0 Å². The number of hydrogen-bond acceptors (Lipinski definition) is 4. The Hall–Kier alpha value is -1.90. The molecule has 4 nitrogen and oxygen atoms in total. The molecule has 0 radical (unpaired) electrons. The number of benzene rings is 1. The van der Waals surface area contributed by atoms with Crippen LogP contribution in [0.15, 0.2) is 30.6 Å². The van der Waals surface area contributed by atoms with E-state index in [4.69, 9.17) is 16.9 Å². The van der Waals surface area contributed by atoms with E-state index in [1.54, 1.807) is 28.4 Å². The van der Waals surface area contributed by atoms with Gasteiger partial charge in [0.25, 0.3) is 0 Å². The molecule has 0 fully saturated rings. The maximum absolute atomic E-state index is 8.73. The number of thiazole rings is 1. The first-order valence-electron chi connectivity index (χ1n) is 5.22. The lowest BCUT2D eigenvalue weighted by Crippen LogP contribution is -1.98. The van der Waals surface area contributed by atoms with Crippen LogP contribution in [0.4, 0.5) is 0 Å². The Labute approximate surface area is 112 Å². The Kier molecular flexibility index (Phi) is 2.74. The standard InChI is InChI=1S/C12H7ClN4S/c13-9-1-2-11-10(3-9)16-12(18-11)7-17-6-8(4-14)5-15-17/h1-3,5-6H,7H2. The second-order valence-corrected chi connectivity index (χ2v) is 5.31. The fourth-order valence-corrected chi connectivity index (χ4v) is 2.77. The van der Waals surface area contributed by atoms with Gasteiger partial charge in [0.15, 0.2) is 0 Å². The van der Waals surface area contributed by atoms with Crippen molar-refractivity contribution in [1.82, 2.24) is 14.8 Å². The second kappa shape index (κ2) is 4.41. The van der Waals surface area contributed by atoms with Crippen molar-refractivity contribution in [3.63, 3.8) is 0 Å². The average molecular weight is 275 g/mol. The largest absolute Gasteiger partial charge is 0.265 e. The van der Waals surface area contributed by atoms with Gasteiger partial charge in [-0.2, -0.15) is 10.4 Å². The lowest BCUT2D eigenvalue weighted by Gasteiger charge is -1.94. The van der Waals surface area contributed by atoms with Gasteiger partial charge in [0.05, 0.1) is 28.5 Å². The summed E-state index contributed by atoms with van der Waals surface area (Å²) in [5.41, 5.74) is 1.45. The summed E-state index contributed by atoms with van der Waals surface area (Å²) in [5, 5.41) is 14.5. The van der Waals surface area contributed by atoms with E-state index in [0.717, 1.165) is 15.2 Å². The van der Waals surface area contributed by atoms with Gasteiger partial charge in [-0.05, 0) is 18.2 Å². The summed E-state index contributed by atoms with van der Waals surface area (Å²) in [6.07, 6.45) is 3.25. The number of nitrogens with zero attached hydrogens (tertiary/aromatic N) is 4. The molecule has 0 atom stereocenters. The van der Waals surface area contributed by atoms with Crippen molar-refractivity contribution < 1.29 is 0 Å². The molecular formula is C12H7ClN4S. The van der Waals surface area contributed by atoms with Gasteiger partial charge in [-0.3, -0.25) is 4.68 Å². The van der Waals surface area contributed by atoms with Crippen LogP contribution in [0.2, 0.25) is 5.02 Å². The van der Waals surface area contributed by atoms with Gasteiger partial charge in [0.2, 0.25) is 0 Å². The summed E-state index contributed by atoms with van der Waals surface area (Å²) in [6, 6.07) is 7.71. The quantitative estimate of drug-likeness (QED) is 0.722. The Bertz CT molecular complexity index is 753. The molecule has 0 amide bonds. The molecular weight excluding hydrogens is 268 g/mol. The molecule has 88 valence electrons. The number of hydrogen-bond donors (Lipinski definition) is 0. The number of aromatic nitrogens is 3. The van der Waals surface area contributed by atoms with Crippen LogP contribution >= 0.6 is 22.9 Å². The van der Waals surface area contributed by atoms with Gasteiger partial charge < -0.3 is 0 Å². The zero-order valence-electron chi connectivity index (χ0n) is 9.17. The molecule has 2 heterocycles. The molecule has 3 aromatic rings. The highest BCUT2D eigenvalue weighted by atomic mass is 35.5. The Balaban J connectivity index is 1.93. The van der Waals surface area contributed by atoms with E-state index in [1.807, 2.05) is 24.3 Å². The van der Waals surface area contributed by atoms with E-state index in [2.05, 4.69) is 10.1 Å². The van der Waals surface area contributed by atoms with Gasteiger partial charge in [-0.15, -0.1) is 11.3 Å². The zero-order valence-corrected chi connectivity index (χ0v) is 10.7. The summed E-state index contributed by atoms with van der Waals surface area (Å²) in [4.78, 5) is 4.49. The number of rotatable bonds is 2. The van der Waals surface area contributed by atoms with E-state index < -0.39 is 0 Å². The summed E-state index contributed by atoms with van der Waals surface area (Å²) in [5.74, 6) is 0. The first-order valence-corrected chi connectivity index (χ1v) is 6.41. The molecule has 3 rings (SSSR count). The second-order valence-electron chi connectivity index (χ2n) is 3.76. The summed E-state index contributed by atoms with van der Waals surface area (Å²) < 4.78 is 2.81. The minimum atomic E-state index is 0.555. The Morgan fingerprint density at radius 2 is 2.33 bits per heavy atom. The predicted molar refractivity (Wildman–Crippen MR) is 70.7 cm³/mol. The third-order valence-corrected chi connectivity index (χ3v) is 3.71. The van der Waals surface area contributed by atoms with Crippen molar-refractivity contribution >= 4 is 33.2 Å². The molecule has 0 saturated heterocycles. The maximum atomic E-state index is 8.73. The van der Waals surface area contributed by atoms with Crippen molar-refractivity contribution in [3.05, 3.63) is 46.2 Å². The highest BCUT2D eigenvalue weighted by Crippen LogP contribution is 2.25. The van der Waals surface area contributed by atoms with Crippen LogP contribution in [0.5, 0.6) is 0 Å². The third kappa shape index (κ3) is 2.08. The Morgan fingerprint density at radius 3 is 3.11 bits per heavy atom. The predicted octanol–water partition coefficient (Wildman–Crippen LogP) is 3.07. The molecule has 0 unspecified atom stereocenters. The highest BCUT2D eigenvalue weighted by molar-refractivity contribution is 7.18. The molecule has 0 spiro atoms. The van der Waals surface area contributed by atoms with Crippen molar-refractivity contribution in [3.8, 4) is 6.07 Å². The molecule has 1 aromatic carbocycles. The molecule has 0 aliphatic carbocycles. The fraction of sp³-hybridized carbons (Fsp3) is 0.0833. The molecule has 0 saturated carbocycles. The van der Waals surface area contributed by atoms with Gasteiger partial charge in [0.1, 0.15) is 11.1 Å². The smallest absolute Gasteiger partial charge is 0.115 e. The lowest BCUT2D eigenvalue weighted by molar-refractivity contribution is 0.684. The molecule has 18 heavy (non-hydrogen) atoms. The first-order chi connectivity index (χ1) is 8.74. The number of fused-ring (bicyclic) bond motifs is 1. The van der Waals surface area contributed by atoms with Crippen LogP contribution in [0, 0.1) is 11.3 Å². The van der Waals surface area contributed by atoms with Crippen LogP contribution in [-0.2, 0) is 6.54 Å². The lowest BCUT2D eigenvalue weighted by atomic mass is 10.3. The van der Waals surface area contributed by atoms with Crippen LogP contribution in [0.1, 0.15) is 10.6 Å². The molecule has 0 bridgehead atoms. The maximum Gasteiger partial charge on any atom is 0.115 e. The van der Waals surface area contributed by atoms with Crippen LogP contribution in [-0.4, -0.2) is 14.8 Å². The van der Waals surface area contributed by atoms with Gasteiger partial charge in [-0.1, -0.05) is 11.6 Å². The van der Waals surface area contributed by atoms with E-state index in [0.29, 0.717) is 17.1 Å². The summed E-state index contributed by atoms with van der Waals surface area (Å²) in [6.45, 7) is 0.568. The van der Waals surface area contributed by atoms with Crippen molar-refractivity contribution in [2.45, 2.75) is 6.54 Å². The van der Waals surface area contributed by atoms with E-state index in [1.165, 1.54) is 0 Å². The summed E-state index contributed by atoms with van der Waals surface area (Å²) >= 11 is 7.53. The van der Waals surface area contributed by atoms with Crippen molar-refractivity contribution in [1.29, 1.82) is 5.26 Å². The Morgan fingerprint density at radius 1 is 1.44 bits per heavy atom. The van der Waals surface area contributed by atoms with Crippen molar-refractivity contribution in [2.24, 2.45) is 0 Å². The van der Waals surface area contributed by atoms with Crippen molar-refractivity contribution in [2.75, 3.05) is 0 Å². The first kappa shape index (κ1) is 11.2. The van der Waals surface area contributed by atoms with E-state index in [9.17, 15) is 0 Å². The minimum absolute atomic E-state index is 0.555. The van der Waals surface area contributed by atoms with Gasteiger partial charge in [-0.25, -0.2) is 4.98 Å². The van der Waals surface area contributed by atoms with Crippen LogP contribution < -0.4 is 0 Å². The zero-order chi connectivity index (χ0) is 12.5. The average Bonchev–Trinajstić information content (AvgIpc) is 2.95. The van der Waals surface area contributed by atoms with Crippen LogP contribution in [0.25, 0.3) is 10.2 Å². The van der Waals surface area contributed by atoms with E-state index in [-0.39, 0.29) is 0 Å². The normalized spacial score (nSPS) is 10.7. The van der Waals surface area contributed by atoms with E-state index >= 15 is 0 Å². The summed E-state index contributed by atoms with van der Waals surface area (Å²) in [7, 11) is 0. The van der Waals surface area contributed by atoms with Gasteiger partial charge >= 0.3 is 0 Å². The highest BCUT2D eigenvalue weighted by Gasteiger charge is 2.06. The molecule has 2 aromatic heterocycles. The molecule has 0 aliphatic rings. The van der Waals surface area contributed by atoms with Gasteiger partial charge in [0, 0.05) is 11.2 Å². The number of halogens is 1. The third-order valence-electron chi connectivity index (χ3n) is 2.45. The fourth-order valence-electron chi connectivity index (χ4n) is 1.66. The topological polar surface area (TPSA) is 54.5 Å². The number of nitriles is 1. The monoisotopic (exact) mass is 274 g/mol. The minimum Gasteiger partial charge on any atom is -0.265 e. The SMILES string of the molecule is N#Cc1cnn(Cc2nc3cc(Cl)ccc3s2)c1. The molecule has 0 N–H and O–H groups in total.